The summed E-state index contributed by atoms with van der Waals surface area (Å²) >= 11 is 0. The zero-order valence-electron chi connectivity index (χ0n) is 13.0. The largest absolute Gasteiger partial charge is 0.308 e. The van der Waals surface area contributed by atoms with Gasteiger partial charge in [-0.3, -0.25) is 4.79 Å². The molecule has 21 heavy (non-hydrogen) atoms. The third-order valence-corrected chi connectivity index (χ3v) is 4.48. The zero-order chi connectivity index (χ0) is 15.0. The molecule has 0 radical (unpaired) electrons. The Kier molecular flexibility index (Phi) is 3.66. The van der Waals surface area contributed by atoms with Crippen LogP contribution in [0.25, 0.3) is 6.08 Å². The molecule has 0 aromatic heterocycles. The van der Waals surface area contributed by atoms with E-state index in [9.17, 15) is 4.79 Å². The maximum atomic E-state index is 12.1. The number of hydrogen-bond acceptors (Lipinski definition) is 2. The van der Waals surface area contributed by atoms with E-state index in [4.69, 9.17) is 0 Å². The summed E-state index contributed by atoms with van der Waals surface area (Å²) in [5.41, 5.74) is 5.29. The van der Waals surface area contributed by atoms with Gasteiger partial charge in [0.2, 0.25) is 0 Å². The van der Waals surface area contributed by atoms with Crippen LogP contribution in [-0.2, 0) is 4.79 Å². The SMILES string of the molecule is Cc1cc(C)c(/C=C2\N=C(C3CCCC3)NC2=O)c(C)c1. The van der Waals surface area contributed by atoms with E-state index in [-0.39, 0.29) is 5.91 Å². The van der Waals surface area contributed by atoms with Crippen molar-refractivity contribution in [3.05, 3.63) is 40.1 Å². The number of aliphatic imine (C=N–C) groups is 1. The molecule has 0 saturated heterocycles. The topological polar surface area (TPSA) is 41.5 Å². The van der Waals surface area contributed by atoms with Crippen molar-refractivity contribution >= 4 is 17.8 Å². The maximum Gasteiger partial charge on any atom is 0.275 e. The van der Waals surface area contributed by atoms with Crippen LogP contribution in [0.3, 0.4) is 0 Å². The number of amidine groups is 1. The Bertz CT molecular complexity index is 626. The average molecular weight is 282 g/mol. The van der Waals surface area contributed by atoms with Crippen LogP contribution in [0.15, 0.2) is 22.8 Å². The van der Waals surface area contributed by atoms with Gasteiger partial charge in [-0.1, -0.05) is 30.5 Å². The molecule has 1 amide bonds. The van der Waals surface area contributed by atoms with E-state index in [2.05, 4.69) is 43.2 Å². The van der Waals surface area contributed by atoms with E-state index in [1.807, 2.05) is 6.08 Å². The molecule has 3 rings (SSSR count). The van der Waals surface area contributed by atoms with Gasteiger partial charge in [0.25, 0.3) is 5.91 Å². The number of rotatable bonds is 2. The lowest BCUT2D eigenvalue weighted by Crippen LogP contribution is -2.29. The van der Waals surface area contributed by atoms with Crippen LogP contribution in [-0.4, -0.2) is 11.7 Å². The fourth-order valence-corrected chi connectivity index (χ4v) is 3.43. The Morgan fingerprint density at radius 2 is 1.76 bits per heavy atom. The van der Waals surface area contributed by atoms with Crippen molar-refractivity contribution in [2.45, 2.75) is 46.5 Å². The summed E-state index contributed by atoms with van der Waals surface area (Å²) < 4.78 is 0. The summed E-state index contributed by atoms with van der Waals surface area (Å²) in [4.78, 5) is 16.7. The van der Waals surface area contributed by atoms with Gasteiger partial charge in [-0.25, -0.2) is 4.99 Å². The van der Waals surface area contributed by atoms with Crippen LogP contribution >= 0.6 is 0 Å². The van der Waals surface area contributed by atoms with Crippen LogP contribution in [0.1, 0.15) is 47.9 Å². The molecule has 110 valence electrons. The Balaban J connectivity index is 1.94. The van der Waals surface area contributed by atoms with Crippen LogP contribution in [0.2, 0.25) is 0 Å². The second-order valence-corrected chi connectivity index (χ2v) is 6.27. The first-order chi connectivity index (χ1) is 10.0. The second kappa shape index (κ2) is 5.47. The van der Waals surface area contributed by atoms with E-state index >= 15 is 0 Å². The molecule has 0 unspecified atom stereocenters. The molecule has 1 fully saturated rings. The Morgan fingerprint density at radius 3 is 2.38 bits per heavy atom. The number of nitrogens with one attached hydrogen (secondary N) is 1. The summed E-state index contributed by atoms with van der Waals surface area (Å²) in [5.74, 6) is 1.27. The molecular formula is C18H22N2O. The number of carbonyl (C=O) groups is 1. The molecule has 1 aromatic carbocycles. The van der Waals surface area contributed by atoms with Gasteiger partial charge in [0.15, 0.2) is 0 Å². The van der Waals surface area contributed by atoms with Gasteiger partial charge in [0.05, 0.1) is 0 Å². The average Bonchev–Trinajstić information content (AvgIpc) is 3.03. The Hall–Kier alpha value is -1.90. The summed E-state index contributed by atoms with van der Waals surface area (Å²) in [7, 11) is 0. The smallest absolute Gasteiger partial charge is 0.275 e. The predicted octanol–water partition coefficient (Wildman–Crippen LogP) is 3.67. The lowest BCUT2D eigenvalue weighted by Gasteiger charge is -2.07. The van der Waals surface area contributed by atoms with E-state index in [1.165, 1.54) is 29.5 Å². The van der Waals surface area contributed by atoms with Crippen molar-refractivity contribution in [2.75, 3.05) is 0 Å². The fourth-order valence-electron chi connectivity index (χ4n) is 3.43. The van der Waals surface area contributed by atoms with Gasteiger partial charge in [-0.15, -0.1) is 0 Å². The fraction of sp³-hybridized carbons (Fsp3) is 0.444. The van der Waals surface area contributed by atoms with Crippen molar-refractivity contribution in [3.8, 4) is 0 Å². The number of aryl methyl sites for hydroxylation is 3. The van der Waals surface area contributed by atoms with Crippen LogP contribution in [0.4, 0.5) is 0 Å². The van der Waals surface area contributed by atoms with E-state index in [0.29, 0.717) is 11.6 Å². The molecule has 3 nitrogen and oxygen atoms in total. The lowest BCUT2D eigenvalue weighted by molar-refractivity contribution is -0.115. The first kappa shape index (κ1) is 14.1. The highest BCUT2D eigenvalue weighted by molar-refractivity contribution is 6.15. The molecule has 1 saturated carbocycles. The highest BCUT2D eigenvalue weighted by Crippen LogP contribution is 2.28. The number of nitrogens with zero attached hydrogens (tertiary/aromatic N) is 1. The number of carbonyl (C=O) groups excluding carboxylic acids is 1. The maximum absolute atomic E-state index is 12.1. The minimum atomic E-state index is -0.0590. The second-order valence-electron chi connectivity index (χ2n) is 6.27. The van der Waals surface area contributed by atoms with E-state index in [1.54, 1.807) is 0 Å². The summed E-state index contributed by atoms with van der Waals surface area (Å²) in [6.45, 7) is 6.26. The molecule has 1 N–H and O–H groups in total. The van der Waals surface area contributed by atoms with Gasteiger partial charge >= 0.3 is 0 Å². The molecule has 2 aliphatic rings. The zero-order valence-corrected chi connectivity index (χ0v) is 13.0. The van der Waals surface area contributed by atoms with Gasteiger partial charge in [0, 0.05) is 5.92 Å². The molecule has 3 heteroatoms. The summed E-state index contributed by atoms with van der Waals surface area (Å²) in [5, 5.41) is 2.96. The van der Waals surface area contributed by atoms with Gasteiger partial charge in [-0.2, -0.15) is 0 Å². The highest BCUT2D eigenvalue weighted by atomic mass is 16.2. The molecule has 1 aliphatic carbocycles. The number of amides is 1. The van der Waals surface area contributed by atoms with Crippen LogP contribution in [0.5, 0.6) is 0 Å². The minimum absolute atomic E-state index is 0.0590. The van der Waals surface area contributed by atoms with Crippen molar-refractivity contribution in [1.29, 1.82) is 0 Å². The first-order valence-electron chi connectivity index (χ1n) is 7.74. The van der Waals surface area contributed by atoms with Gasteiger partial charge < -0.3 is 5.32 Å². The lowest BCUT2D eigenvalue weighted by atomic mass is 9.99. The van der Waals surface area contributed by atoms with Gasteiger partial charge in [-0.05, 0) is 56.4 Å². The molecule has 0 atom stereocenters. The van der Waals surface area contributed by atoms with Crippen molar-refractivity contribution in [1.82, 2.24) is 5.32 Å². The molecule has 1 aliphatic heterocycles. The molecular weight excluding hydrogens is 260 g/mol. The summed E-state index contributed by atoms with van der Waals surface area (Å²) in [6, 6.07) is 4.29. The number of hydrogen-bond donors (Lipinski definition) is 1. The quantitative estimate of drug-likeness (QED) is 0.826. The molecule has 0 spiro atoms. The highest BCUT2D eigenvalue weighted by Gasteiger charge is 2.28. The van der Waals surface area contributed by atoms with Crippen molar-refractivity contribution < 1.29 is 4.79 Å². The summed E-state index contributed by atoms with van der Waals surface area (Å²) in [6.07, 6.45) is 6.72. The third kappa shape index (κ3) is 2.78. The number of benzene rings is 1. The normalized spacial score (nSPS) is 21.0. The third-order valence-electron chi connectivity index (χ3n) is 4.48. The minimum Gasteiger partial charge on any atom is -0.308 e. The van der Waals surface area contributed by atoms with Crippen LogP contribution < -0.4 is 5.32 Å². The van der Waals surface area contributed by atoms with Gasteiger partial charge in [0.1, 0.15) is 11.5 Å². The Morgan fingerprint density at radius 1 is 1.14 bits per heavy atom. The van der Waals surface area contributed by atoms with E-state index in [0.717, 1.165) is 24.2 Å². The standard InChI is InChI=1S/C18H22N2O/c1-11-8-12(2)15(13(3)9-11)10-16-18(21)20-17(19-16)14-6-4-5-7-14/h8-10,14H,4-7H2,1-3H3,(H,19,20,21)/b16-10-. The Labute approximate surface area is 126 Å². The van der Waals surface area contributed by atoms with Crippen molar-refractivity contribution in [3.63, 3.8) is 0 Å². The monoisotopic (exact) mass is 282 g/mol. The van der Waals surface area contributed by atoms with E-state index < -0.39 is 0 Å². The van der Waals surface area contributed by atoms with Crippen molar-refractivity contribution in [2.24, 2.45) is 10.9 Å². The first-order valence-corrected chi connectivity index (χ1v) is 7.74. The molecule has 1 heterocycles. The predicted molar refractivity (Wildman–Crippen MR) is 86.2 cm³/mol. The molecule has 1 aromatic rings. The van der Waals surface area contributed by atoms with Crippen LogP contribution in [0, 0.1) is 26.7 Å². The molecule has 0 bridgehead atoms.